The predicted octanol–water partition coefficient (Wildman–Crippen LogP) is 0.308. The Morgan fingerprint density at radius 2 is 2.18 bits per heavy atom. The Kier molecular flexibility index (Phi) is 5.32. The molecule has 0 spiro atoms. The third-order valence-electron chi connectivity index (χ3n) is 2.04. The number of aliphatic hydroxyl groups excluding tert-OH is 2. The van der Waals surface area contributed by atoms with E-state index < -0.39 is 24.4 Å². The summed E-state index contributed by atoms with van der Waals surface area (Å²) in [6.45, 7) is -0.464. The molecule has 0 saturated heterocycles. The van der Waals surface area contributed by atoms with E-state index in [1.165, 1.54) is 18.2 Å². The lowest BCUT2D eigenvalue weighted by Gasteiger charge is -2.06. The van der Waals surface area contributed by atoms with Gasteiger partial charge < -0.3 is 15.5 Å². The Morgan fingerprint density at radius 1 is 1.47 bits per heavy atom. The molecule has 0 fully saturated rings. The van der Waals surface area contributed by atoms with Crippen LogP contribution in [0.25, 0.3) is 6.08 Å². The van der Waals surface area contributed by atoms with E-state index in [0.717, 1.165) is 0 Å². The number of rotatable bonds is 5. The summed E-state index contributed by atoms with van der Waals surface area (Å²) in [5.41, 5.74) is 0.311. The fourth-order valence-corrected chi connectivity index (χ4v) is 1.12. The van der Waals surface area contributed by atoms with Gasteiger partial charge in [0.1, 0.15) is 5.82 Å². The van der Waals surface area contributed by atoms with Crippen LogP contribution >= 0.6 is 0 Å². The van der Waals surface area contributed by atoms with E-state index in [1.807, 2.05) is 0 Å². The van der Waals surface area contributed by atoms with Crippen LogP contribution in [-0.2, 0) is 4.79 Å². The molecule has 1 amide bonds. The van der Waals surface area contributed by atoms with Gasteiger partial charge in [-0.2, -0.15) is 0 Å². The molecule has 0 aliphatic rings. The van der Waals surface area contributed by atoms with Crippen LogP contribution in [0.1, 0.15) is 5.56 Å². The molecule has 17 heavy (non-hydrogen) atoms. The number of benzene rings is 1. The molecule has 0 heterocycles. The second-order valence-electron chi connectivity index (χ2n) is 3.44. The standard InChI is InChI=1S/C12H14FNO3/c13-11-4-2-1-3-9(11)5-6-12(17)14-7-10(16)8-15/h1-6,10,15-16H,7-8H2,(H,14,17). The Hall–Kier alpha value is -1.72. The molecule has 0 saturated carbocycles. The highest BCUT2D eigenvalue weighted by Gasteiger charge is 2.03. The maximum atomic E-state index is 13.2. The number of nitrogens with one attached hydrogen (secondary N) is 1. The lowest BCUT2D eigenvalue weighted by Crippen LogP contribution is -2.32. The van der Waals surface area contributed by atoms with E-state index in [2.05, 4.69) is 5.32 Å². The zero-order valence-electron chi connectivity index (χ0n) is 9.14. The van der Waals surface area contributed by atoms with Crippen LogP contribution < -0.4 is 5.32 Å². The van der Waals surface area contributed by atoms with E-state index in [0.29, 0.717) is 5.56 Å². The normalized spacial score (nSPS) is 12.6. The van der Waals surface area contributed by atoms with Gasteiger partial charge in [0.25, 0.3) is 0 Å². The van der Waals surface area contributed by atoms with Crippen molar-refractivity contribution in [3.63, 3.8) is 0 Å². The van der Waals surface area contributed by atoms with Crippen LogP contribution in [0.3, 0.4) is 0 Å². The summed E-state index contributed by atoms with van der Waals surface area (Å²) in [6, 6.07) is 6.06. The average molecular weight is 239 g/mol. The van der Waals surface area contributed by atoms with Crippen molar-refractivity contribution in [3.05, 3.63) is 41.7 Å². The zero-order chi connectivity index (χ0) is 12.7. The summed E-state index contributed by atoms with van der Waals surface area (Å²) < 4.78 is 13.2. The van der Waals surface area contributed by atoms with E-state index in [1.54, 1.807) is 18.2 Å². The summed E-state index contributed by atoms with van der Waals surface area (Å²) in [5.74, 6) is -0.868. The molecule has 0 radical (unpaired) electrons. The first-order valence-electron chi connectivity index (χ1n) is 5.13. The van der Waals surface area contributed by atoms with Gasteiger partial charge in [0.2, 0.25) is 5.91 Å². The lowest BCUT2D eigenvalue weighted by molar-refractivity contribution is -0.117. The molecule has 3 N–H and O–H groups in total. The maximum Gasteiger partial charge on any atom is 0.244 e. The summed E-state index contributed by atoms with van der Waals surface area (Å²) in [6.07, 6.45) is 1.53. The minimum atomic E-state index is -0.985. The van der Waals surface area contributed by atoms with Gasteiger partial charge in [-0.3, -0.25) is 4.79 Å². The summed E-state index contributed by atoms with van der Waals surface area (Å²) in [5, 5.41) is 19.9. The molecule has 92 valence electrons. The predicted molar refractivity (Wildman–Crippen MR) is 61.5 cm³/mol. The Balaban J connectivity index is 2.49. The van der Waals surface area contributed by atoms with Gasteiger partial charge in [0, 0.05) is 18.2 Å². The van der Waals surface area contributed by atoms with E-state index in [4.69, 9.17) is 10.2 Å². The largest absolute Gasteiger partial charge is 0.394 e. The minimum Gasteiger partial charge on any atom is -0.394 e. The molecule has 1 atom stereocenters. The molecule has 1 aromatic rings. The minimum absolute atomic E-state index is 0.0447. The number of hydrogen-bond donors (Lipinski definition) is 3. The third kappa shape index (κ3) is 4.76. The number of carbonyl (C=O) groups excluding carboxylic acids is 1. The van der Waals surface area contributed by atoms with Crippen LogP contribution in [-0.4, -0.2) is 35.4 Å². The van der Waals surface area contributed by atoms with Crippen molar-refractivity contribution in [2.45, 2.75) is 6.10 Å². The van der Waals surface area contributed by atoms with Gasteiger partial charge in [0.15, 0.2) is 0 Å². The highest BCUT2D eigenvalue weighted by molar-refractivity contribution is 5.91. The number of hydrogen-bond acceptors (Lipinski definition) is 3. The van der Waals surface area contributed by atoms with Crippen molar-refractivity contribution >= 4 is 12.0 Å². The van der Waals surface area contributed by atoms with Crippen molar-refractivity contribution in [2.24, 2.45) is 0 Å². The van der Waals surface area contributed by atoms with Gasteiger partial charge >= 0.3 is 0 Å². The van der Waals surface area contributed by atoms with Gasteiger partial charge in [0.05, 0.1) is 12.7 Å². The van der Waals surface area contributed by atoms with Crippen LogP contribution in [0.4, 0.5) is 4.39 Å². The topological polar surface area (TPSA) is 69.6 Å². The molecule has 4 nitrogen and oxygen atoms in total. The first kappa shape index (κ1) is 13.3. The Bertz CT molecular complexity index is 406. The fourth-order valence-electron chi connectivity index (χ4n) is 1.12. The number of carbonyl (C=O) groups is 1. The Morgan fingerprint density at radius 3 is 2.82 bits per heavy atom. The van der Waals surface area contributed by atoms with Gasteiger partial charge in [-0.25, -0.2) is 4.39 Å². The van der Waals surface area contributed by atoms with Crippen molar-refractivity contribution in [2.75, 3.05) is 13.2 Å². The summed E-state index contributed by atoms with van der Waals surface area (Å²) in [7, 11) is 0. The van der Waals surface area contributed by atoms with Crippen LogP contribution in [0.15, 0.2) is 30.3 Å². The molecule has 0 aliphatic heterocycles. The van der Waals surface area contributed by atoms with E-state index in [-0.39, 0.29) is 6.54 Å². The van der Waals surface area contributed by atoms with Gasteiger partial charge in [-0.15, -0.1) is 0 Å². The second-order valence-corrected chi connectivity index (χ2v) is 3.44. The lowest BCUT2D eigenvalue weighted by atomic mass is 10.2. The SMILES string of the molecule is O=C(C=Cc1ccccc1F)NCC(O)CO. The summed E-state index contributed by atoms with van der Waals surface area (Å²) in [4.78, 5) is 11.2. The zero-order valence-corrected chi connectivity index (χ0v) is 9.14. The molecule has 0 bridgehead atoms. The first-order valence-corrected chi connectivity index (χ1v) is 5.13. The molecular weight excluding hydrogens is 225 g/mol. The van der Waals surface area contributed by atoms with Crippen molar-refractivity contribution < 1.29 is 19.4 Å². The average Bonchev–Trinajstić information content (AvgIpc) is 2.35. The maximum absolute atomic E-state index is 13.2. The highest BCUT2D eigenvalue weighted by Crippen LogP contribution is 2.07. The number of amides is 1. The van der Waals surface area contributed by atoms with E-state index >= 15 is 0 Å². The first-order chi connectivity index (χ1) is 8.13. The Labute approximate surface area is 98.4 Å². The van der Waals surface area contributed by atoms with E-state index in [9.17, 15) is 9.18 Å². The number of aliphatic hydroxyl groups is 2. The molecule has 0 aromatic heterocycles. The molecule has 1 unspecified atom stereocenters. The fraction of sp³-hybridized carbons (Fsp3) is 0.250. The van der Waals surface area contributed by atoms with Gasteiger partial charge in [-0.05, 0) is 12.1 Å². The van der Waals surface area contributed by atoms with Crippen molar-refractivity contribution in [1.82, 2.24) is 5.32 Å². The van der Waals surface area contributed by atoms with Crippen LogP contribution in [0, 0.1) is 5.82 Å². The molecule has 0 aliphatic carbocycles. The van der Waals surface area contributed by atoms with Crippen LogP contribution in [0.2, 0.25) is 0 Å². The number of halogens is 1. The van der Waals surface area contributed by atoms with Gasteiger partial charge in [-0.1, -0.05) is 18.2 Å². The van der Waals surface area contributed by atoms with Crippen molar-refractivity contribution in [1.29, 1.82) is 0 Å². The molecule has 1 rings (SSSR count). The summed E-state index contributed by atoms with van der Waals surface area (Å²) >= 11 is 0. The molecular formula is C12H14FNO3. The second kappa shape index (κ2) is 6.78. The monoisotopic (exact) mass is 239 g/mol. The quantitative estimate of drug-likeness (QED) is 0.648. The van der Waals surface area contributed by atoms with Crippen LogP contribution in [0.5, 0.6) is 0 Å². The molecule has 5 heteroatoms. The molecule has 1 aromatic carbocycles. The van der Waals surface area contributed by atoms with Crippen molar-refractivity contribution in [3.8, 4) is 0 Å². The highest BCUT2D eigenvalue weighted by atomic mass is 19.1. The smallest absolute Gasteiger partial charge is 0.244 e. The third-order valence-corrected chi connectivity index (χ3v) is 2.04.